The van der Waals surface area contributed by atoms with Crippen molar-refractivity contribution >= 4 is 0 Å². The van der Waals surface area contributed by atoms with Crippen LogP contribution in [0.15, 0.2) is 35.1 Å². The van der Waals surface area contributed by atoms with E-state index in [9.17, 15) is 0 Å². The third-order valence-corrected chi connectivity index (χ3v) is 2.63. The molecule has 2 aromatic rings. The standard InChI is InChI=1S/C14H18N2O/c1-10(2)15-8-13-14(17-9-16-13)12-6-4-11(3)5-7-12/h4-7,9-10,15H,8H2,1-3H3. The van der Waals surface area contributed by atoms with Crippen LogP contribution < -0.4 is 5.32 Å². The first kappa shape index (κ1) is 11.9. The first-order valence-corrected chi connectivity index (χ1v) is 5.89. The minimum absolute atomic E-state index is 0.442. The van der Waals surface area contributed by atoms with Gasteiger partial charge in [-0.3, -0.25) is 0 Å². The van der Waals surface area contributed by atoms with Crippen LogP contribution in [0.25, 0.3) is 11.3 Å². The van der Waals surface area contributed by atoms with Crippen molar-refractivity contribution in [3.63, 3.8) is 0 Å². The Morgan fingerprint density at radius 3 is 2.59 bits per heavy atom. The van der Waals surface area contributed by atoms with Crippen molar-refractivity contribution in [2.24, 2.45) is 0 Å². The van der Waals surface area contributed by atoms with Crippen molar-refractivity contribution in [2.45, 2.75) is 33.4 Å². The Labute approximate surface area is 102 Å². The summed E-state index contributed by atoms with van der Waals surface area (Å²) in [6.07, 6.45) is 1.51. The van der Waals surface area contributed by atoms with E-state index in [1.54, 1.807) is 0 Å². The smallest absolute Gasteiger partial charge is 0.181 e. The third kappa shape index (κ3) is 2.94. The van der Waals surface area contributed by atoms with E-state index in [-0.39, 0.29) is 0 Å². The molecule has 0 atom stereocenters. The summed E-state index contributed by atoms with van der Waals surface area (Å²) in [5, 5.41) is 3.35. The third-order valence-electron chi connectivity index (χ3n) is 2.63. The van der Waals surface area contributed by atoms with Gasteiger partial charge in [-0.15, -0.1) is 0 Å². The van der Waals surface area contributed by atoms with Crippen molar-refractivity contribution in [3.8, 4) is 11.3 Å². The molecule has 0 amide bonds. The summed E-state index contributed by atoms with van der Waals surface area (Å²) in [5.74, 6) is 0.859. The lowest BCUT2D eigenvalue weighted by molar-refractivity contribution is 0.563. The number of nitrogens with zero attached hydrogens (tertiary/aromatic N) is 1. The molecule has 90 valence electrons. The minimum Gasteiger partial charge on any atom is -0.443 e. The van der Waals surface area contributed by atoms with Crippen molar-refractivity contribution in [1.29, 1.82) is 0 Å². The van der Waals surface area contributed by atoms with Crippen molar-refractivity contribution in [3.05, 3.63) is 41.9 Å². The SMILES string of the molecule is Cc1ccc(-c2ocnc2CNC(C)C)cc1. The van der Waals surface area contributed by atoms with E-state index in [0.717, 1.165) is 23.6 Å². The summed E-state index contributed by atoms with van der Waals surface area (Å²) in [5.41, 5.74) is 3.28. The van der Waals surface area contributed by atoms with Gasteiger partial charge in [0.2, 0.25) is 0 Å². The molecule has 0 fully saturated rings. The van der Waals surface area contributed by atoms with Gasteiger partial charge in [0.05, 0.1) is 0 Å². The number of oxazole rings is 1. The fraction of sp³-hybridized carbons (Fsp3) is 0.357. The number of nitrogens with one attached hydrogen (secondary N) is 1. The Kier molecular flexibility index (Phi) is 3.59. The Bertz CT molecular complexity index is 471. The molecule has 1 aromatic carbocycles. The molecular formula is C14H18N2O. The van der Waals surface area contributed by atoms with Crippen LogP contribution >= 0.6 is 0 Å². The predicted molar refractivity (Wildman–Crippen MR) is 68.7 cm³/mol. The van der Waals surface area contributed by atoms with Crippen LogP contribution in [0.5, 0.6) is 0 Å². The molecule has 0 aliphatic rings. The molecule has 1 N–H and O–H groups in total. The van der Waals surface area contributed by atoms with Gasteiger partial charge in [0.25, 0.3) is 0 Å². The molecule has 1 aromatic heterocycles. The summed E-state index contributed by atoms with van der Waals surface area (Å²) in [7, 11) is 0. The topological polar surface area (TPSA) is 38.1 Å². The highest BCUT2D eigenvalue weighted by Gasteiger charge is 2.10. The largest absolute Gasteiger partial charge is 0.443 e. The fourth-order valence-corrected chi connectivity index (χ4v) is 1.64. The zero-order valence-electron chi connectivity index (χ0n) is 10.5. The average molecular weight is 230 g/mol. The lowest BCUT2D eigenvalue weighted by atomic mass is 10.1. The highest BCUT2D eigenvalue weighted by atomic mass is 16.3. The summed E-state index contributed by atoms with van der Waals surface area (Å²) in [6, 6.07) is 8.73. The molecule has 0 spiro atoms. The molecule has 0 aliphatic heterocycles. The number of rotatable bonds is 4. The van der Waals surface area contributed by atoms with Gasteiger partial charge in [0.15, 0.2) is 12.2 Å². The Morgan fingerprint density at radius 1 is 1.24 bits per heavy atom. The number of aryl methyl sites for hydroxylation is 1. The highest BCUT2D eigenvalue weighted by Crippen LogP contribution is 2.23. The molecule has 3 heteroatoms. The molecule has 0 saturated carbocycles. The maximum absolute atomic E-state index is 5.47. The molecule has 0 radical (unpaired) electrons. The second kappa shape index (κ2) is 5.15. The Hall–Kier alpha value is -1.61. The van der Waals surface area contributed by atoms with Gasteiger partial charge in [-0.1, -0.05) is 43.7 Å². The Morgan fingerprint density at radius 2 is 1.94 bits per heavy atom. The van der Waals surface area contributed by atoms with E-state index in [4.69, 9.17) is 4.42 Å². The van der Waals surface area contributed by atoms with Crippen LogP contribution in [0, 0.1) is 6.92 Å². The molecule has 0 aliphatic carbocycles. The van der Waals surface area contributed by atoms with Crippen LogP contribution in [-0.2, 0) is 6.54 Å². The quantitative estimate of drug-likeness (QED) is 0.876. The van der Waals surface area contributed by atoms with Crippen molar-refractivity contribution < 1.29 is 4.42 Å². The molecule has 3 nitrogen and oxygen atoms in total. The van der Waals surface area contributed by atoms with E-state index >= 15 is 0 Å². The maximum atomic E-state index is 5.47. The van der Waals surface area contributed by atoms with E-state index in [1.807, 2.05) is 0 Å². The summed E-state index contributed by atoms with van der Waals surface area (Å²) in [4.78, 5) is 4.26. The number of hydrogen-bond acceptors (Lipinski definition) is 3. The number of hydrogen-bond donors (Lipinski definition) is 1. The summed E-state index contributed by atoms with van der Waals surface area (Å²) < 4.78 is 5.47. The average Bonchev–Trinajstić information content (AvgIpc) is 2.75. The van der Waals surface area contributed by atoms with Gasteiger partial charge in [0, 0.05) is 18.2 Å². The zero-order valence-corrected chi connectivity index (χ0v) is 10.5. The van der Waals surface area contributed by atoms with E-state index in [1.165, 1.54) is 12.0 Å². The molecule has 0 saturated heterocycles. The molecule has 2 rings (SSSR count). The lowest BCUT2D eigenvalue weighted by Gasteiger charge is -2.07. The van der Waals surface area contributed by atoms with E-state index in [2.05, 4.69) is 55.3 Å². The van der Waals surface area contributed by atoms with Gasteiger partial charge in [-0.2, -0.15) is 0 Å². The van der Waals surface area contributed by atoms with Crippen LogP contribution in [0.3, 0.4) is 0 Å². The number of benzene rings is 1. The van der Waals surface area contributed by atoms with Crippen LogP contribution in [0.2, 0.25) is 0 Å². The van der Waals surface area contributed by atoms with Gasteiger partial charge in [-0.25, -0.2) is 4.98 Å². The second-order valence-corrected chi connectivity index (χ2v) is 4.53. The van der Waals surface area contributed by atoms with E-state index < -0.39 is 0 Å². The normalized spacial score (nSPS) is 11.1. The molecule has 0 unspecified atom stereocenters. The van der Waals surface area contributed by atoms with E-state index in [0.29, 0.717) is 6.04 Å². The van der Waals surface area contributed by atoms with Crippen LogP contribution in [-0.4, -0.2) is 11.0 Å². The first-order chi connectivity index (χ1) is 8.16. The maximum Gasteiger partial charge on any atom is 0.181 e. The van der Waals surface area contributed by atoms with Gasteiger partial charge in [0.1, 0.15) is 5.69 Å². The summed E-state index contributed by atoms with van der Waals surface area (Å²) in [6.45, 7) is 7.04. The Balaban J connectivity index is 2.21. The fourth-order valence-electron chi connectivity index (χ4n) is 1.64. The lowest BCUT2D eigenvalue weighted by Crippen LogP contribution is -2.22. The molecular weight excluding hydrogens is 212 g/mol. The van der Waals surface area contributed by atoms with Crippen molar-refractivity contribution in [2.75, 3.05) is 0 Å². The monoisotopic (exact) mass is 230 g/mol. The minimum atomic E-state index is 0.442. The summed E-state index contributed by atoms with van der Waals surface area (Å²) >= 11 is 0. The number of aromatic nitrogens is 1. The van der Waals surface area contributed by atoms with Crippen LogP contribution in [0.4, 0.5) is 0 Å². The highest BCUT2D eigenvalue weighted by molar-refractivity contribution is 5.59. The second-order valence-electron chi connectivity index (χ2n) is 4.53. The zero-order chi connectivity index (χ0) is 12.3. The van der Waals surface area contributed by atoms with Crippen molar-refractivity contribution in [1.82, 2.24) is 10.3 Å². The molecule has 17 heavy (non-hydrogen) atoms. The molecule has 1 heterocycles. The van der Waals surface area contributed by atoms with Gasteiger partial charge < -0.3 is 9.73 Å². The van der Waals surface area contributed by atoms with Crippen LogP contribution in [0.1, 0.15) is 25.1 Å². The van der Waals surface area contributed by atoms with Gasteiger partial charge >= 0.3 is 0 Å². The first-order valence-electron chi connectivity index (χ1n) is 5.89. The molecule has 0 bridgehead atoms. The predicted octanol–water partition coefficient (Wildman–Crippen LogP) is 3.15. The van der Waals surface area contributed by atoms with Gasteiger partial charge in [-0.05, 0) is 6.92 Å².